The number of anilines is 1. The lowest BCUT2D eigenvalue weighted by Gasteiger charge is -2.19. The lowest BCUT2D eigenvalue weighted by Crippen LogP contribution is -2.42. The monoisotopic (exact) mass is 283 g/mol. The van der Waals surface area contributed by atoms with E-state index in [9.17, 15) is 17.6 Å². The number of nitrogens with zero attached hydrogens (tertiary/aromatic N) is 2. The molecule has 0 aliphatic carbocycles. The molecule has 0 aliphatic heterocycles. The maximum atomic E-state index is 13.0. The van der Waals surface area contributed by atoms with Gasteiger partial charge in [0.15, 0.2) is 0 Å². The van der Waals surface area contributed by atoms with E-state index in [0.29, 0.717) is 4.41 Å². The fourth-order valence-electron chi connectivity index (χ4n) is 1.44. The van der Waals surface area contributed by atoms with Crippen LogP contribution in [0.2, 0.25) is 0 Å². The van der Waals surface area contributed by atoms with E-state index >= 15 is 0 Å². The van der Waals surface area contributed by atoms with E-state index < -0.39 is 16.0 Å². The van der Waals surface area contributed by atoms with Crippen LogP contribution in [0.25, 0.3) is 0 Å². The van der Waals surface area contributed by atoms with Crippen molar-refractivity contribution in [2.45, 2.75) is 0 Å². The number of aromatic nitrogens is 1. The van der Waals surface area contributed by atoms with E-state index in [1.54, 1.807) is 12.1 Å². The number of nitrogens with one attached hydrogen (secondary N) is 1. The molecule has 1 heterocycles. The second-order valence-corrected chi connectivity index (χ2v) is 5.09. The summed E-state index contributed by atoms with van der Waals surface area (Å²) in [5.74, 6) is -0.584. The van der Waals surface area contributed by atoms with Crippen LogP contribution in [0.3, 0.4) is 0 Å². The quantitative estimate of drug-likeness (QED) is 0.835. The van der Waals surface area contributed by atoms with Crippen LogP contribution in [0.15, 0.2) is 48.8 Å². The van der Waals surface area contributed by atoms with Crippen LogP contribution in [0.1, 0.15) is 0 Å². The standard InChI is InChI=1S/C11H10FN3O3S/c12-10-4-3-5-11(8-10)13-19(17,18)15(9-16)14-6-1-2-7-14/h1-9,13H. The predicted octanol–water partition coefficient (Wildman–Crippen LogP) is 1.08. The van der Waals surface area contributed by atoms with Gasteiger partial charge in [0, 0.05) is 12.4 Å². The maximum Gasteiger partial charge on any atom is 0.344 e. The van der Waals surface area contributed by atoms with Crippen LogP contribution < -0.4 is 9.14 Å². The molecule has 0 aliphatic rings. The molecule has 2 aromatic rings. The summed E-state index contributed by atoms with van der Waals surface area (Å²) in [7, 11) is -4.15. The van der Waals surface area contributed by atoms with Crippen molar-refractivity contribution in [2.75, 3.05) is 9.14 Å². The highest BCUT2D eigenvalue weighted by Gasteiger charge is 2.21. The molecule has 0 saturated carbocycles. The van der Waals surface area contributed by atoms with Gasteiger partial charge in [0.2, 0.25) is 6.41 Å². The van der Waals surface area contributed by atoms with Crippen molar-refractivity contribution >= 4 is 22.3 Å². The summed E-state index contributed by atoms with van der Waals surface area (Å²) in [6, 6.07) is 8.05. The Labute approximate surface area is 109 Å². The van der Waals surface area contributed by atoms with Crippen molar-refractivity contribution in [3.63, 3.8) is 0 Å². The van der Waals surface area contributed by atoms with Gasteiger partial charge in [-0.05, 0) is 30.3 Å². The number of halogens is 1. The van der Waals surface area contributed by atoms with Crippen LogP contribution in [-0.2, 0) is 15.0 Å². The van der Waals surface area contributed by atoms with E-state index in [1.807, 2.05) is 0 Å². The minimum absolute atomic E-state index is 0.0269. The second kappa shape index (κ2) is 5.11. The SMILES string of the molecule is O=CN(n1cccc1)S(=O)(=O)Nc1cccc(F)c1. The lowest BCUT2D eigenvalue weighted by atomic mass is 10.3. The number of carbonyl (C=O) groups is 1. The molecule has 0 atom stereocenters. The van der Waals surface area contributed by atoms with E-state index in [1.165, 1.54) is 30.6 Å². The second-order valence-electron chi connectivity index (χ2n) is 3.56. The Morgan fingerprint density at radius 3 is 2.47 bits per heavy atom. The number of carbonyl (C=O) groups excluding carboxylic acids is 1. The number of benzene rings is 1. The molecule has 19 heavy (non-hydrogen) atoms. The summed E-state index contributed by atoms with van der Waals surface area (Å²) in [5, 5.41) is 0. The molecule has 8 heteroatoms. The van der Waals surface area contributed by atoms with Crippen molar-refractivity contribution in [3.05, 3.63) is 54.6 Å². The molecule has 1 amide bonds. The van der Waals surface area contributed by atoms with Gasteiger partial charge in [-0.3, -0.25) is 14.2 Å². The first-order chi connectivity index (χ1) is 9.03. The van der Waals surface area contributed by atoms with E-state index in [2.05, 4.69) is 4.72 Å². The Hall–Kier alpha value is -2.35. The Bertz CT molecular complexity index is 670. The third-order valence-corrected chi connectivity index (χ3v) is 3.49. The predicted molar refractivity (Wildman–Crippen MR) is 67.7 cm³/mol. The van der Waals surface area contributed by atoms with Crippen LogP contribution in [0.4, 0.5) is 10.1 Å². The highest BCUT2D eigenvalue weighted by Crippen LogP contribution is 2.12. The third kappa shape index (κ3) is 2.91. The molecule has 0 spiro atoms. The van der Waals surface area contributed by atoms with Gasteiger partial charge in [-0.25, -0.2) is 4.39 Å². The minimum Gasteiger partial charge on any atom is -0.276 e. The smallest absolute Gasteiger partial charge is 0.276 e. The first-order valence-electron chi connectivity index (χ1n) is 5.19. The number of hydrogen-bond donors (Lipinski definition) is 1. The van der Waals surface area contributed by atoms with Gasteiger partial charge < -0.3 is 0 Å². The average Bonchev–Trinajstić information content (AvgIpc) is 2.82. The third-order valence-electron chi connectivity index (χ3n) is 2.22. The molecule has 0 radical (unpaired) electrons. The molecule has 100 valence electrons. The topological polar surface area (TPSA) is 71.4 Å². The van der Waals surface area contributed by atoms with Crippen molar-refractivity contribution < 1.29 is 17.6 Å². The molecule has 1 N–H and O–H groups in total. The Kier molecular flexibility index (Phi) is 3.52. The highest BCUT2D eigenvalue weighted by atomic mass is 32.2. The Balaban J connectivity index is 2.29. The zero-order valence-corrected chi connectivity index (χ0v) is 10.4. The van der Waals surface area contributed by atoms with Crippen LogP contribution in [0.5, 0.6) is 0 Å². The molecule has 0 fully saturated rings. The molecule has 0 saturated heterocycles. The molecule has 1 aromatic carbocycles. The van der Waals surface area contributed by atoms with Crippen molar-refractivity contribution in [3.8, 4) is 0 Å². The molecule has 1 aromatic heterocycles. The summed E-state index contributed by atoms with van der Waals surface area (Å²) >= 11 is 0. The van der Waals surface area contributed by atoms with Gasteiger partial charge in [0.25, 0.3) is 0 Å². The van der Waals surface area contributed by atoms with Crippen molar-refractivity contribution in [1.82, 2.24) is 4.68 Å². The molecular weight excluding hydrogens is 273 g/mol. The van der Waals surface area contributed by atoms with E-state index in [-0.39, 0.29) is 12.1 Å². The molecule has 2 rings (SSSR count). The first-order valence-corrected chi connectivity index (χ1v) is 6.63. The van der Waals surface area contributed by atoms with Crippen LogP contribution >= 0.6 is 0 Å². The molecule has 0 unspecified atom stereocenters. The largest absolute Gasteiger partial charge is 0.344 e. The summed E-state index contributed by atoms with van der Waals surface area (Å²) in [4.78, 5) is 10.9. The van der Waals surface area contributed by atoms with Gasteiger partial charge in [0.1, 0.15) is 5.82 Å². The van der Waals surface area contributed by atoms with Gasteiger partial charge in [-0.2, -0.15) is 8.42 Å². The van der Waals surface area contributed by atoms with Gasteiger partial charge >= 0.3 is 10.2 Å². The van der Waals surface area contributed by atoms with Crippen molar-refractivity contribution in [1.29, 1.82) is 0 Å². The fraction of sp³-hybridized carbons (Fsp3) is 0. The van der Waals surface area contributed by atoms with Crippen LogP contribution in [0, 0.1) is 5.82 Å². The van der Waals surface area contributed by atoms with Crippen LogP contribution in [-0.4, -0.2) is 19.5 Å². The molecular formula is C11H10FN3O3S. The van der Waals surface area contributed by atoms with E-state index in [4.69, 9.17) is 0 Å². The molecule has 0 bridgehead atoms. The highest BCUT2D eigenvalue weighted by molar-refractivity contribution is 7.94. The summed E-state index contributed by atoms with van der Waals surface area (Å²) in [5.41, 5.74) is 0.0269. The molecule has 6 nitrogen and oxygen atoms in total. The fourth-order valence-corrected chi connectivity index (χ4v) is 2.43. The zero-order valence-electron chi connectivity index (χ0n) is 9.60. The minimum atomic E-state index is -4.15. The Morgan fingerprint density at radius 2 is 1.89 bits per heavy atom. The summed E-state index contributed by atoms with van der Waals surface area (Å²) < 4.78 is 40.6. The van der Waals surface area contributed by atoms with E-state index in [0.717, 1.165) is 10.7 Å². The zero-order chi connectivity index (χ0) is 13.9. The number of amides is 1. The summed E-state index contributed by atoms with van der Waals surface area (Å²) in [6.45, 7) is 0. The van der Waals surface area contributed by atoms with Gasteiger partial charge in [0.05, 0.1) is 5.69 Å². The Morgan fingerprint density at radius 1 is 1.21 bits per heavy atom. The first kappa shape index (κ1) is 13.1. The summed E-state index contributed by atoms with van der Waals surface area (Å²) in [6.07, 6.45) is 2.92. The van der Waals surface area contributed by atoms with Crippen molar-refractivity contribution in [2.24, 2.45) is 0 Å². The van der Waals surface area contributed by atoms with Gasteiger partial charge in [-0.1, -0.05) is 6.07 Å². The van der Waals surface area contributed by atoms with Gasteiger partial charge in [-0.15, -0.1) is 4.41 Å². The number of hydrogen-bond acceptors (Lipinski definition) is 3. The maximum absolute atomic E-state index is 13.0. The normalized spacial score (nSPS) is 11.0. The average molecular weight is 283 g/mol. The lowest BCUT2D eigenvalue weighted by molar-refractivity contribution is -0.107. The number of rotatable bonds is 5.